The van der Waals surface area contributed by atoms with Crippen molar-refractivity contribution in [1.82, 2.24) is 0 Å². The van der Waals surface area contributed by atoms with Gasteiger partial charge in [-0.15, -0.1) is 13.2 Å². The Balaban J connectivity index is 3.80. The van der Waals surface area contributed by atoms with Gasteiger partial charge < -0.3 is 4.74 Å². The maximum atomic E-state index is 5.60. The van der Waals surface area contributed by atoms with Crippen LogP contribution in [0.2, 0.25) is 0 Å². The first-order chi connectivity index (χ1) is 5.83. The Hall–Kier alpha value is -0.560. The first kappa shape index (κ1) is 12.4. The zero-order valence-electron chi connectivity index (χ0n) is 9.39. The summed E-state index contributed by atoms with van der Waals surface area (Å²) in [6, 6.07) is 0. The molecule has 0 spiro atoms. The second-order valence-electron chi connectivity index (χ2n) is 4.88. The maximum Gasteiger partial charge on any atom is 0.0551 e. The minimum atomic E-state index is 0.0667. The zero-order chi connectivity index (χ0) is 10.5. The van der Waals surface area contributed by atoms with Gasteiger partial charge in [0.1, 0.15) is 0 Å². The van der Waals surface area contributed by atoms with Gasteiger partial charge in [0.25, 0.3) is 0 Å². The van der Waals surface area contributed by atoms with Crippen molar-refractivity contribution in [2.24, 2.45) is 10.8 Å². The Kier molecular flexibility index (Phi) is 4.41. The second kappa shape index (κ2) is 4.61. The Bertz CT molecular complexity index is 158. The molecule has 0 aliphatic rings. The van der Waals surface area contributed by atoms with Crippen molar-refractivity contribution in [3.63, 3.8) is 0 Å². The summed E-state index contributed by atoms with van der Waals surface area (Å²) in [5.41, 5.74) is 0.133. The molecule has 1 nitrogen and oxygen atoms in total. The van der Waals surface area contributed by atoms with E-state index >= 15 is 0 Å². The van der Waals surface area contributed by atoms with Crippen LogP contribution < -0.4 is 0 Å². The van der Waals surface area contributed by atoms with E-state index in [0.29, 0.717) is 13.2 Å². The molecule has 0 bridgehead atoms. The average Bonchev–Trinajstić information content (AvgIpc) is 2.04. The summed E-state index contributed by atoms with van der Waals surface area (Å²) in [5.74, 6) is 0. The standard InChI is InChI=1S/C12H22O/c1-7-11(3,4)9-13-10-12(5,6)8-2/h7-8H,1-2,9-10H2,3-6H3. The summed E-state index contributed by atoms with van der Waals surface area (Å²) in [6.45, 7) is 17.4. The Morgan fingerprint density at radius 2 is 1.23 bits per heavy atom. The molecule has 1 heteroatoms. The molecule has 13 heavy (non-hydrogen) atoms. The minimum absolute atomic E-state index is 0.0667. The average molecular weight is 182 g/mol. The van der Waals surface area contributed by atoms with Crippen LogP contribution in [0, 0.1) is 10.8 Å². The van der Waals surface area contributed by atoms with Gasteiger partial charge in [-0.05, 0) is 0 Å². The first-order valence-electron chi connectivity index (χ1n) is 4.68. The van der Waals surface area contributed by atoms with Crippen molar-refractivity contribution in [3.05, 3.63) is 25.3 Å². The van der Waals surface area contributed by atoms with Crippen molar-refractivity contribution in [1.29, 1.82) is 0 Å². The van der Waals surface area contributed by atoms with Crippen LogP contribution in [-0.4, -0.2) is 13.2 Å². The summed E-state index contributed by atoms with van der Waals surface area (Å²) < 4.78 is 5.60. The number of ether oxygens (including phenoxy) is 1. The van der Waals surface area contributed by atoms with Crippen LogP contribution in [0.5, 0.6) is 0 Å². The molecule has 0 rings (SSSR count). The predicted molar refractivity (Wildman–Crippen MR) is 58.8 cm³/mol. The lowest BCUT2D eigenvalue weighted by Crippen LogP contribution is -2.22. The van der Waals surface area contributed by atoms with Gasteiger partial charge in [-0.3, -0.25) is 0 Å². The molecule has 0 fully saturated rings. The fraction of sp³-hybridized carbons (Fsp3) is 0.667. The third kappa shape index (κ3) is 5.64. The van der Waals surface area contributed by atoms with Crippen molar-refractivity contribution in [3.8, 4) is 0 Å². The molecule has 0 unspecified atom stereocenters. The highest BCUT2D eigenvalue weighted by atomic mass is 16.5. The van der Waals surface area contributed by atoms with Crippen LogP contribution in [0.1, 0.15) is 27.7 Å². The fourth-order valence-corrected chi connectivity index (χ4v) is 0.695. The van der Waals surface area contributed by atoms with Gasteiger partial charge in [0.15, 0.2) is 0 Å². The normalized spacial score (nSPS) is 12.6. The molecule has 0 saturated heterocycles. The minimum Gasteiger partial charge on any atom is -0.380 e. The summed E-state index contributed by atoms with van der Waals surface area (Å²) in [5, 5.41) is 0. The largest absolute Gasteiger partial charge is 0.380 e. The second-order valence-corrected chi connectivity index (χ2v) is 4.88. The van der Waals surface area contributed by atoms with Crippen molar-refractivity contribution in [2.75, 3.05) is 13.2 Å². The zero-order valence-corrected chi connectivity index (χ0v) is 9.39. The lowest BCUT2D eigenvalue weighted by atomic mass is 9.93. The number of hydrogen-bond donors (Lipinski definition) is 0. The van der Waals surface area contributed by atoms with E-state index in [1.165, 1.54) is 0 Å². The van der Waals surface area contributed by atoms with Crippen molar-refractivity contribution < 1.29 is 4.74 Å². The van der Waals surface area contributed by atoms with Gasteiger partial charge >= 0.3 is 0 Å². The van der Waals surface area contributed by atoms with Gasteiger partial charge in [-0.2, -0.15) is 0 Å². The van der Waals surface area contributed by atoms with Crippen LogP contribution in [-0.2, 0) is 4.74 Å². The highest BCUT2D eigenvalue weighted by Gasteiger charge is 2.17. The van der Waals surface area contributed by atoms with Gasteiger partial charge in [0.2, 0.25) is 0 Å². The molecule has 0 aliphatic carbocycles. The fourth-order valence-electron chi connectivity index (χ4n) is 0.695. The van der Waals surface area contributed by atoms with E-state index < -0.39 is 0 Å². The first-order valence-corrected chi connectivity index (χ1v) is 4.68. The molecule has 76 valence electrons. The van der Waals surface area contributed by atoms with E-state index in [4.69, 9.17) is 4.74 Å². The van der Waals surface area contributed by atoms with Crippen molar-refractivity contribution >= 4 is 0 Å². The van der Waals surface area contributed by atoms with E-state index in [1.54, 1.807) is 0 Å². The Labute approximate surface area is 82.5 Å². The molecule has 0 saturated carbocycles. The van der Waals surface area contributed by atoms with Gasteiger partial charge in [0.05, 0.1) is 13.2 Å². The van der Waals surface area contributed by atoms with Crippen LogP contribution in [0.15, 0.2) is 25.3 Å². The van der Waals surface area contributed by atoms with E-state index in [2.05, 4.69) is 40.9 Å². The molecule has 0 heterocycles. The molecule has 0 aliphatic heterocycles. The summed E-state index contributed by atoms with van der Waals surface area (Å²) in [6.07, 6.45) is 3.85. The molecule has 0 radical (unpaired) electrons. The predicted octanol–water partition coefficient (Wildman–Crippen LogP) is 3.43. The third-order valence-corrected chi connectivity index (χ3v) is 2.05. The van der Waals surface area contributed by atoms with E-state index in [0.717, 1.165) is 0 Å². The number of hydrogen-bond acceptors (Lipinski definition) is 1. The number of rotatable bonds is 6. The summed E-state index contributed by atoms with van der Waals surface area (Å²) in [4.78, 5) is 0. The quantitative estimate of drug-likeness (QED) is 0.572. The summed E-state index contributed by atoms with van der Waals surface area (Å²) in [7, 11) is 0. The van der Waals surface area contributed by atoms with Gasteiger partial charge in [-0.25, -0.2) is 0 Å². The topological polar surface area (TPSA) is 9.23 Å². The molecular formula is C12H22O. The molecule has 0 aromatic carbocycles. The maximum absolute atomic E-state index is 5.60. The highest BCUT2D eigenvalue weighted by molar-refractivity contribution is 4.89. The smallest absolute Gasteiger partial charge is 0.0551 e. The van der Waals surface area contributed by atoms with Crippen LogP contribution in [0.3, 0.4) is 0 Å². The van der Waals surface area contributed by atoms with Crippen LogP contribution in [0.25, 0.3) is 0 Å². The molecular weight excluding hydrogens is 160 g/mol. The van der Waals surface area contributed by atoms with Crippen molar-refractivity contribution in [2.45, 2.75) is 27.7 Å². The molecule has 0 amide bonds. The summed E-state index contributed by atoms with van der Waals surface area (Å²) >= 11 is 0. The molecule has 0 aromatic heterocycles. The highest BCUT2D eigenvalue weighted by Crippen LogP contribution is 2.20. The lowest BCUT2D eigenvalue weighted by Gasteiger charge is -2.24. The Morgan fingerprint density at radius 1 is 0.923 bits per heavy atom. The third-order valence-electron chi connectivity index (χ3n) is 2.05. The van der Waals surface area contributed by atoms with E-state index in [-0.39, 0.29) is 10.8 Å². The SMILES string of the molecule is C=CC(C)(C)COCC(C)(C)C=C. The Morgan fingerprint density at radius 3 is 1.46 bits per heavy atom. The van der Waals surface area contributed by atoms with Crippen LogP contribution >= 0.6 is 0 Å². The molecule has 0 atom stereocenters. The van der Waals surface area contributed by atoms with Gasteiger partial charge in [0, 0.05) is 10.8 Å². The molecule has 0 N–H and O–H groups in total. The van der Waals surface area contributed by atoms with Crippen LogP contribution in [0.4, 0.5) is 0 Å². The van der Waals surface area contributed by atoms with Gasteiger partial charge in [-0.1, -0.05) is 39.8 Å². The monoisotopic (exact) mass is 182 g/mol. The lowest BCUT2D eigenvalue weighted by molar-refractivity contribution is 0.0457. The van der Waals surface area contributed by atoms with E-state index in [9.17, 15) is 0 Å². The van der Waals surface area contributed by atoms with E-state index in [1.807, 2.05) is 12.2 Å². The molecule has 0 aromatic rings.